The molecule has 0 saturated heterocycles. The van der Waals surface area contributed by atoms with Crippen LogP contribution < -0.4 is 29.6 Å². The summed E-state index contributed by atoms with van der Waals surface area (Å²) in [5.41, 5.74) is 1.81. The van der Waals surface area contributed by atoms with E-state index in [0.29, 0.717) is 77.1 Å². The zero-order valence-corrected chi connectivity index (χ0v) is 43.4. The first-order chi connectivity index (χ1) is 29.4. The van der Waals surface area contributed by atoms with E-state index in [4.69, 9.17) is 77.8 Å². The molecule has 0 bridgehead atoms. The molecule has 356 valence electrons. The maximum absolute atomic E-state index is 11.4. The molecule has 0 aromatic carbocycles. The van der Waals surface area contributed by atoms with Crippen molar-refractivity contribution in [3.63, 3.8) is 0 Å². The Hall–Kier alpha value is -2.55. The maximum atomic E-state index is 11.4. The number of carboxylic acids is 1. The van der Waals surface area contributed by atoms with Gasteiger partial charge in [0, 0.05) is 95.6 Å². The molecule has 16 nitrogen and oxygen atoms in total. The van der Waals surface area contributed by atoms with Crippen LogP contribution in [-0.2, 0) is 69.6 Å². The van der Waals surface area contributed by atoms with Gasteiger partial charge < -0.3 is 48.5 Å². The summed E-state index contributed by atoms with van der Waals surface area (Å²) in [4.78, 5) is 46.4. The van der Waals surface area contributed by atoms with Crippen LogP contribution in [0.4, 0.5) is 0 Å². The third-order valence-corrected chi connectivity index (χ3v) is 11.1. The normalized spacial score (nSPS) is 12.7. The number of ether oxygens (including phenoxy) is 8. The monoisotopic (exact) mass is 971 g/mol. The smallest absolute Gasteiger partial charge is 0.870 e. The van der Waals surface area contributed by atoms with Crippen LogP contribution in [-0.4, -0.2) is 100 Å². The average molecular weight is 973 g/mol. The van der Waals surface area contributed by atoms with Crippen molar-refractivity contribution in [1.82, 2.24) is 15.0 Å². The third-order valence-electron chi connectivity index (χ3n) is 10.4. The Bertz CT molecular complexity index is 1700. The van der Waals surface area contributed by atoms with E-state index in [-0.39, 0.29) is 58.8 Å². The van der Waals surface area contributed by atoms with E-state index in [1.54, 1.807) is 90.4 Å². The Kier molecular flexibility index (Phi) is 32.8. The molecule has 0 spiro atoms. The second-order valence-corrected chi connectivity index (χ2v) is 15.6. The number of rotatable bonds is 24. The van der Waals surface area contributed by atoms with Gasteiger partial charge in [-0.3, -0.25) is 29.3 Å². The molecular weight excluding hydrogens is 908 g/mol. The Morgan fingerprint density at radius 3 is 0.984 bits per heavy atom. The molecule has 3 heterocycles. The zero-order valence-electron chi connectivity index (χ0n) is 39.2. The maximum Gasteiger partial charge on any atom is 1.00 e. The van der Waals surface area contributed by atoms with Gasteiger partial charge >= 0.3 is 47.5 Å². The minimum absolute atomic E-state index is 0. The number of nitrogens with zero attached hydrogens (tertiary/aromatic N) is 3. The Balaban J connectivity index is 0. The van der Waals surface area contributed by atoms with Gasteiger partial charge in [-0.05, 0) is 74.9 Å². The van der Waals surface area contributed by atoms with Gasteiger partial charge in [-0.25, -0.2) is 0 Å². The van der Waals surface area contributed by atoms with Gasteiger partial charge in [0.1, 0.15) is 17.1 Å². The van der Waals surface area contributed by atoms with E-state index in [1.807, 2.05) is 13.8 Å². The molecule has 0 radical (unpaired) electrons. The van der Waals surface area contributed by atoms with Crippen molar-refractivity contribution in [3.8, 4) is 0 Å². The average Bonchev–Trinajstić information content (AvgIpc) is 3.28. The van der Waals surface area contributed by atoms with E-state index in [1.165, 1.54) is 28.4 Å². The van der Waals surface area contributed by atoms with Crippen molar-refractivity contribution in [2.75, 3.05) is 56.9 Å². The van der Waals surface area contributed by atoms with Crippen LogP contribution in [0.25, 0.3) is 0 Å². The number of aromatic nitrogens is 3. The number of hydrogen-bond donors (Lipinski definition) is 1. The summed E-state index contributed by atoms with van der Waals surface area (Å²) in [5.74, 6) is -4.85. The van der Waals surface area contributed by atoms with Gasteiger partial charge in [-0.1, -0.05) is 55.6 Å². The fraction of sp³-hybridized carbons (Fsp3) is 0.591. The Morgan fingerprint density at radius 1 is 0.531 bits per heavy atom. The van der Waals surface area contributed by atoms with Crippen molar-refractivity contribution in [1.29, 1.82) is 0 Å². The molecule has 3 aromatic rings. The second kappa shape index (κ2) is 33.0. The molecule has 1 unspecified atom stereocenters. The fourth-order valence-corrected chi connectivity index (χ4v) is 6.88. The first kappa shape index (κ1) is 63.5. The molecule has 2 N–H and O–H groups in total. The second-order valence-electron chi connectivity index (χ2n) is 14.3. The molecule has 0 fully saturated rings. The van der Waals surface area contributed by atoms with Gasteiger partial charge in [0.25, 0.3) is 0 Å². The predicted octanol–water partition coefficient (Wildman–Crippen LogP) is 6.22. The zero-order chi connectivity index (χ0) is 46.9. The summed E-state index contributed by atoms with van der Waals surface area (Å²) < 4.78 is 42.5. The molecule has 0 amide bonds. The predicted molar refractivity (Wildman–Crippen MR) is 237 cm³/mol. The summed E-state index contributed by atoms with van der Waals surface area (Å²) in [6.45, 7) is 5.36. The summed E-state index contributed by atoms with van der Waals surface area (Å²) in [7, 11) is 12.1. The van der Waals surface area contributed by atoms with Gasteiger partial charge in [0.2, 0.25) is 17.4 Å². The van der Waals surface area contributed by atoms with E-state index >= 15 is 0 Å². The SMILES string of the molecule is COC(=O)C(C)CCCC(OC)(OC)c1cc(Cl)ccn1.COC(=O)[C@H](C)CCCC(OC)(OC)c1cc(Cl)ccn1.COC(CCC[C@@H](C)C(=O)O)(OC)c1cc(Cl)ccn1.[Na+].[OH-]. The third kappa shape index (κ3) is 20.1. The standard InChI is InChI=1S/2C15H22ClNO4.C14H20ClNO4.Na.H2O/c2*1-11(14(18)19-2)6-5-8-15(20-3,21-4)13-10-12(16)7-9-17-13;1-10(13(17)18)5-4-7-14(19-2,20-3)12-9-11(15)6-8-16-12;;/h2*7,9-11H,5-6,8H2,1-4H3;6,8-10H,4-5,7H2,1-3H3,(H,17,18);;1H2/q;;;+1;/p-1/t11-;;10-;;/m1.1../s1. The minimum Gasteiger partial charge on any atom is -0.870 e. The molecule has 0 saturated carbocycles. The van der Waals surface area contributed by atoms with Crippen molar-refractivity contribution >= 4 is 52.7 Å². The molecule has 64 heavy (non-hydrogen) atoms. The van der Waals surface area contributed by atoms with Crippen LogP contribution in [0.2, 0.25) is 15.1 Å². The van der Waals surface area contributed by atoms with E-state index in [2.05, 4.69) is 15.0 Å². The number of carboxylic acid groups (broad SMARTS) is 1. The number of carbonyl (C=O) groups is 3. The topological polar surface area (TPSA) is 214 Å². The van der Waals surface area contributed by atoms with Crippen LogP contribution in [0.3, 0.4) is 0 Å². The largest absolute Gasteiger partial charge is 1.00 e. The van der Waals surface area contributed by atoms with Crippen LogP contribution in [0.15, 0.2) is 55.0 Å². The number of methoxy groups -OCH3 is 8. The molecule has 3 aromatic heterocycles. The van der Waals surface area contributed by atoms with Gasteiger partial charge in [0.05, 0.1) is 32.0 Å². The Labute approximate surface area is 415 Å². The van der Waals surface area contributed by atoms with Gasteiger partial charge in [0.15, 0.2) is 0 Å². The molecule has 0 aliphatic carbocycles. The van der Waals surface area contributed by atoms with Crippen LogP contribution in [0.5, 0.6) is 0 Å². The van der Waals surface area contributed by atoms with E-state index in [9.17, 15) is 14.4 Å². The van der Waals surface area contributed by atoms with E-state index < -0.39 is 29.2 Å². The summed E-state index contributed by atoms with van der Waals surface area (Å²) in [6, 6.07) is 10.2. The van der Waals surface area contributed by atoms with Gasteiger partial charge in [-0.15, -0.1) is 0 Å². The quantitative estimate of drug-likeness (QED) is 0.0599. The van der Waals surface area contributed by atoms with Crippen LogP contribution >= 0.6 is 34.8 Å². The van der Waals surface area contributed by atoms with Crippen molar-refractivity contribution in [2.45, 2.75) is 95.9 Å². The molecule has 0 aliphatic rings. The van der Waals surface area contributed by atoms with Crippen molar-refractivity contribution in [3.05, 3.63) is 87.1 Å². The number of pyridine rings is 3. The summed E-state index contributed by atoms with van der Waals surface area (Å²) in [5, 5.41) is 10.6. The van der Waals surface area contributed by atoms with Crippen molar-refractivity contribution in [2.24, 2.45) is 17.8 Å². The molecule has 3 rings (SSSR count). The summed E-state index contributed by atoms with van der Waals surface area (Å²) >= 11 is 18.0. The number of halogens is 3. The number of esters is 2. The first-order valence-corrected chi connectivity index (χ1v) is 21.1. The molecule has 3 atom stereocenters. The molecule has 20 heteroatoms. The van der Waals surface area contributed by atoms with Crippen molar-refractivity contribution < 1.29 is 92.4 Å². The number of carbonyl (C=O) groups excluding carboxylic acids is 2. The minimum atomic E-state index is -0.997. The van der Waals surface area contributed by atoms with Crippen LogP contribution in [0.1, 0.15) is 95.6 Å². The first-order valence-electron chi connectivity index (χ1n) is 20.0. The number of hydrogen-bond acceptors (Lipinski definition) is 15. The van der Waals surface area contributed by atoms with Gasteiger partial charge in [-0.2, -0.15) is 0 Å². The fourth-order valence-electron chi connectivity index (χ4n) is 6.40. The molecular formula is C44H65Cl3N3NaO13. The van der Waals surface area contributed by atoms with E-state index in [0.717, 1.165) is 12.8 Å². The molecule has 0 aliphatic heterocycles. The summed E-state index contributed by atoms with van der Waals surface area (Å²) in [6.07, 6.45) is 10.5. The van der Waals surface area contributed by atoms with Crippen LogP contribution in [0, 0.1) is 17.8 Å². The number of aliphatic carboxylic acids is 1. The Morgan fingerprint density at radius 2 is 0.781 bits per heavy atom.